The van der Waals surface area contributed by atoms with Crippen LogP contribution in [0.3, 0.4) is 0 Å². The Kier molecular flexibility index (Phi) is 6.07. The Bertz CT molecular complexity index is 1250. The number of benzene rings is 2. The number of hydrogen-bond acceptors (Lipinski definition) is 5. The van der Waals surface area contributed by atoms with E-state index in [1.165, 1.54) is 0 Å². The first-order valence-electron chi connectivity index (χ1n) is 10.1. The van der Waals surface area contributed by atoms with Crippen molar-refractivity contribution in [2.24, 2.45) is 0 Å². The van der Waals surface area contributed by atoms with Crippen LogP contribution in [0.1, 0.15) is 37.7 Å². The van der Waals surface area contributed by atoms with Crippen LogP contribution in [0, 0.1) is 13.8 Å². The minimum atomic E-state index is -0.465. The molecule has 0 aliphatic heterocycles. The molecule has 0 aliphatic carbocycles. The van der Waals surface area contributed by atoms with Crippen LogP contribution in [0.4, 0.5) is 5.69 Å². The number of carbonyl (C=O) groups excluding carboxylic acids is 2. The largest absolute Gasteiger partial charge is 0.423 e. The Morgan fingerprint density at radius 2 is 1.78 bits per heavy atom. The van der Waals surface area contributed by atoms with Crippen LogP contribution in [0.25, 0.3) is 0 Å². The number of aromatic nitrogens is 3. The van der Waals surface area contributed by atoms with Crippen molar-refractivity contribution >= 4 is 17.6 Å². The zero-order valence-corrected chi connectivity index (χ0v) is 17.8. The molecule has 0 saturated heterocycles. The predicted molar refractivity (Wildman–Crippen MR) is 121 cm³/mol. The molecule has 0 spiro atoms. The van der Waals surface area contributed by atoms with Gasteiger partial charge in [-0.2, -0.15) is 5.10 Å². The minimum absolute atomic E-state index is 0.271. The lowest BCUT2D eigenvalue weighted by atomic mass is 10.1. The number of hydrogen-bond donors (Lipinski definition) is 1. The zero-order valence-electron chi connectivity index (χ0n) is 17.8. The van der Waals surface area contributed by atoms with Crippen LogP contribution in [0.5, 0.6) is 5.75 Å². The normalized spacial score (nSPS) is 10.6. The highest BCUT2D eigenvalue weighted by molar-refractivity contribution is 6.04. The van der Waals surface area contributed by atoms with Gasteiger partial charge in [-0.25, -0.2) is 4.79 Å². The number of anilines is 1. The van der Waals surface area contributed by atoms with E-state index in [1.807, 2.05) is 36.7 Å². The topological polar surface area (TPSA) is 86.1 Å². The Morgan fingerprint density at radius 1 is 0.969 bits per heavy atom. The SMILES string of the molecule is Cc1cc(C)n(Cc2cccc(C(=O)Oc3ccc(C(=O)Nc4cccnc4)cc3)c2)n1. The second kappa shape index (κ2) is 9.26. The first kappa shape index (κ1) is 21.0. The fourth-order valence-electron chi connectivity index (χ4n) is 3.28. The van der Waals surface area contributed by atoms with Gasteiger partial charge >= 0.3 is 5.97 Å². The highest BCUT2D eigenvalue weighted by Crippen LogP contribution is 2.17. The van der Waals surface area contributed by atoms with E-state index in [9.17, 15) is 9.59 Å². The van der Waals surface area contributed by atoms with Crippen LogP contribution in [0.2, 0.25) is 0 Å². The molecule has 0 saturated carbocycles. The van der Waals surface area contributed by atoms with E-state index >= 15 is 0 Å². The molecule has 1 N–H and O–H groups in total. The summed E-state index contributed by atoms with van der Waals surface area (Å²) in [6, 6.07) is 19.2. The molecule has 0 radical (unpaired) electrons. The number of esters is 1. The number of ether oxygens (including phenoxy) is 1. The first-order chi connectivity index (χ1) is 15.5. The summed E-state index contributed by atoms with van der Waals surface area (Å²) in [4.78, 5) is 28.9. The summed E-state index contributed by atoms with van der Waals surface area (Å²) in [7, 11) is 0. The van der Waals surface area contributed by atoms with Crippen LogP contribution in [0.15, 0.2) is 79.1 Å². The summed E-state index contributed by atoms with van der Waals surface area (Å²) in [5.74, 6) is -0.377. The van der Waals surface area contributed by atoms with E-state index in [0.29, 0.717) is 29.1 Å². The second-order valence-corrected chi connectivity index (χ2v) is 7.39. The van der Waals surface area contributed by atoms with Gasteiger partial charge < -0.3 is 10.1 Å². The minimum Gasteiger partial charge on any atom is -0.423 e. The van der Waals surface area contributed by atoms with Gasteiger partial charge in [0.2, 0.25) is 0 Å². The molecule has 1 amide bonds. The molecular weight excluding hydrogens is 404 g/mol. The van der Waals surface area contributed by atoms with Gasteiger partial charge in [0.25, 0.3) is 5.91 Å². The van der Waals surface area contributed by atoms with E-state index in [0.717, 1.165) is 17.0 Å². The molecule has 0 aliphatic rings. The highest BCUT2D eigenvalue weighted by Gasteiger charge is 2.12. The van der Waals surface area contributed by atoms with Crippen molar-refractivity contribution in [3.8, 4) is 5.75 Å². The molecule has 2 aromatic carbocycles. The molecule has 0 unspecified atom stereocenters. The van der Waals surface area contributed by atoms with Crippen molar-refractivity contribution in [1.82, 2.24) is 14.8 Å². The summed E-state index contributed by atoms with van der Waals surface area (Å²) >= 11 is 0. The standard InChI is InChI=1S/C25H22N4O3/c1-17-13-18(2)29(28-17)16-19-5-3-6-21(14-19)25(31)32-23-10-8-20(9-11-23)24(30)27-22-7-4-12-26-15-22/h3-15H,16H2,1-2H3,(H,27,30). The number of amides is 1. The Hall–Kier alpha value is -4.26. The summed E-state index contributed by atoms with van der Waals surface area (Å²) in [6.07, 6.45) is 3.20. The number of nitrogens with one attached hydrogen (secondary N) is 1. The molecule has 0 fully saturated rings. The lowest BCUT2D eigenvalue weighted by molar-refractivity contribution is 0.0734. The maximum absolute atomic E-state index is 12.6. The van der Waals surface area contributed by atoms with Crippen molar-refractivity contribution < 1.29 is 14.3 Å². The predicted octanol–water partition coefficient (Wildman–Crippen LogP) is 4.41. The monoisotopic (exact) mass is 426 g/mol. The third-order valence-electron chi connectivity index (χ3n) is 4.84. The van der Waals surface area contributed by atoms with Crippen LogP contribution in [-0.4, -0.2) is 26.6 Å². The van der Waals surface area contributed by atoms with Crippen molar-refractivity contribution in [2.45, 2.75) is 20.4 Å². The fraction of sp³-hybridized carbons (Fsp3) is 0.120. The molecule has 7 nitrogen and oxygen atoms in total. The zero-order chi connectivity index (χ0) is 22.5. The summed E-state index contributed by atoms with van der Waals surface area (Å²) in [5.41, 5.74) is 4.46. The molecule has 160 valence electrons. The van der Waals surface area contributed by atoms with Crippen LogP contribution < -0.4 is 10.1 Å². The maximum Gasteiger partial charge on any atom is 0.343 e. The Balaban J connectivity index is 1.40. The second-order valence-electron chi connectivity index (χ2n) is 7.39. The number of carbonyl (C=O) groups is 2. The van der Waals surface area contributed by atoms with E-state index < -0.39 is 5.97 Å². The Labute approximate surface area is 185 Å². The average Bonchev–Trinajstić information content (AvgIpc) is 3.11. The molecule has 4 rings (SSSR count). The van der Waals surface area contributed by atoms with Gasteiger partial charge in [0, 0.05) is 17.5 Å². The highest BCUT2D eigenvalue weighted by atomic mass is 16.5. The number of pyridine rings is 1. The molecule has 32 heavy (non-hydrogen) atoms. The van der Waals surface area contributed by atoms with Crippen molar-refractivity contribution in [1.29, 1.82) is 0 Å². The maximum atomic E-state index is 12.6. The molecule has 2 heterocycles. The van der Waals surface area contributed by atoms with Crippen LogP contribution >= 0.6 is 0 Å². The van der Waals surface area contributed by atoms with Gasteiger partial charge in [0.1, 0.15) is 5.75 Å². The quantitative estimate of drug-likeness (QED) is 0.364. The van der Waals surface area contributed by atoms with Gasteiger partial charge in [0.15, 0.2) is 0 Å². The molecule has 2 aromatic heterocycles. The van der Waals surface area contributed by atoms with E-state index in [1.54, 1.807) is 60.9 Å². The average molecular weight is 426 g/mol. The fourth-order valence-corrected chi connectivity index (χ4v) is 3.28. The van der Waals surface area contributed by atoms with E-state index in [4.69, 9.17) is 4.74 Å². The Morgan fingerprint density at radius 3 is 2.47 bits per heavy atom. The van der Waals surface area contributed by atoms with Gasteiger partial charge in [0.05, 0.1) is 29.7 Å². The summed E-state index contributed by atoms with van der Waals surface area (Å²) in [6.45, 7) is 4.52. The van der Waals surface area contributed by atoms with Crippen molar-refractivity contribution in [3.63, 3.8) is 0 Å². The summed E-state index contributed by atoms with van der Waals surface area (Å²) < 4.78 is 7.38. The lowest BCUT2D eigenvalue weighted by Gasteiger charge is -2.09. The van der Waals surface area contributed by atoms with Gasteiger partial charge in [-0.05, 0) is 74.0 Å². The first-order valence-corrected chi connectivity index (χ1v) is 10.1. The van der Waals surface area contributed by atoms with Crippen LogP contribution in [-0.2, 0) is 6.54 Å². The third-order valence-corrected chi connectivity index (χ3v) is 4.84. The third kappa shape index (κ3) is 5.07. The lowest BCUT2D eigenvalue weighted by Crippen LogP contribution is -2.12. The van der Waals surface area contributed by atoms with E-state index in [-0.39, 0.29) is 5.91 Å². The molecule has 0 atom stereocenters. The van der Waals surface area contributed by atoms with E-state index in [2.05, 4.69) is 15.4 Å². The smallest absolute Gasteiger partial charge is 0.343 e. The molecule has 0 bridgehead atoms. The molecule has 4 aromatic rings. The van der Waals surface area contributed by atoms with Gasteiger partial charge in [-0.15, -0.1) is 0 Å². The molecular formula is C25H22N4O3. The summed E-state index contributed by atoms with van der Waals surface area (Å²) in [5, 5.41) is 7.22. The molecule has 7 heteroatoms. The van der Waals surface area contributed by atoms with Crippen molar-refractivity contribution in [3.05, 3.63) is 107 Å². The van der Waals surface area contributed by atoms with Crippen molar-refractivity contribution in [2.75, 3.05) is 5.32 Å². The number of aryl methyl sites for hydroxylation is 2. The number of rotatable bonds is 6. The van der Waals surface area contributed by atoms with Gasteiger partial charge in [-0.3, -0.25) is 14.5 Å². The van der Waals surface area contributed by atoms with Gasteiger partial charge in [-0.1, -0.05) is 12.1 Å². The number of nitrogens with zero attached hydrogens (tertiary/aromatic N) is 3.